The second-order valence-electron chi connectivity index (χ2n) is 3.89. The minimum absolute atomic E-state index is 0.0547. The predicted octanol–water partition coefficient (Wildman–Crippen LogP) is 2.85. The molecule has 1 heterocycles. The lowest BCUT2D eigenvalue weighted by molar-refractivity contribution is 0.153. The zero-order chi connectivity index (χ0) is 13.1. The van der Waals surface area contributed by atoms with Gasteiger partial charge in [-0.3, -0.25) is 0 Å². The summed E-state index contributed by atoms with van der Waals surface area (Å²) in [5.74, 6) is -1.72. The fourth-order valence-corrected chi connectivity index (χ4v) is 1.52. The summed E-state index contributed by atoms with van der Waals surface area (Å²) in [6.45, 7) is 1.92. The summed E-state index contributed by atoms with van der Waals surface area (Å²) in [5.41, 5.74) is 0.274. The third-order valence-corrected chi connectivity index (χ3v) is 2.47. The van der Waals surface area contributed by atoms with Crippen molar-refractivity contribution in [1.29, 1.82) is 0 Å². The summed E-state index contributed by atoms with van der Waals surface area (Å²) >= 11 is 0. The molecule has 1 aromatic heterocycles. The summed E-state index contributed by atoms with van der Waals surface area (Å²) in [4.78, 5) is 3.95. The molecule has 0 saturated heterocycles. The molecule has 0 aliphatic heterocycles. The quantitative estimate of drug-likeness (QED) is 0.911. The topological polar surface area (TPSA) is 59.2 Å². The van der Waals surface area contributed by atoms with Gasteiger partial charge in [-0.15, -0.1) is 0 Å². The van der Waals surface area contributed by atoms with Crippen molar-refractivity contribution in [3.05, 3.63) is 35.7 Å². The molecule has 18 heavy (non-hydrogen) atoms. The number of nitrogens with zero attached hydrogens (tertiary/aromatic N) is 2. The van der Waals surface area contributed by atoms with Gasteiger partial charge >= 0.3 is 0 Å². The second-order valence-corrected chi connectivity index (χ2v) is 3.89. The lowest BCUT2D eigenvalue weighted by Gasteiger charge is -2.01. The van der Waals surface area contributed by atoms with Crippen LogP contribution in [0.5, 0.6) is 0 Å². The van der Waals surface area contributed by atoms with E-state index in [0.717, 1.165) is 18.6 Å². The minimum atomic E-state index is -0.985. The third-order valence-electron chi connectivity index (χ3n) is 2.47. The number of aliphatic hydroxyl groups is 1. The van der Waals surface area contributed by atoms with Crippen molar-refractivity contribution in [3.63, 3.8) is 0 Å². The van der Waals surface area contributed by atoms with Crippen LogP contribution < -0.4 is 0 Å². The van der Waals surface area contributed by atoms with Crippen LogP contribution >= 0.6 is 0 Å². The largest absolute Gasteiger partial charge is 0.385 e. The normalized spacial score (nSPS) is 12.7. The van der Waals surface area contributed by atoms with Crippen LogP contribution in [0, 0.1) is 11.6 Å². The molecule has 0 saturated carbocycles. The van der Waals surface area contributed by atoms with Crippen molar-refractivity contribution >= 4 is 0 Å². The highest BCUT2D eigenvalue weighted by Gasteiger charge is 2.16. The molecule has 6 heteroatoms. The Balaban J connectivity index is 2.26. The van der Waals surface area contributed by atoms with Gasteiger partial charge in [0.1, 0.15) is 6.10 Å². The van der Waals surface area contributed by atoms with Crippen LogP contribution in [0.25, 0.3) is 11.5 Å². The van der Waals surface area contributed by atoms with Crippen LogP contribution in [0.15, 0.2) is 22.7 Å². The summed E-state index contributed by atoms with van der Waals surface area (Å²) in [6, 6.07) is 3.29. The number of hydrogen-bond donors (Lipinski definition) is 1. The summed E-state index contributed by atoms with van der Waals surface area (Å²) in [7, 11) is 0. The average Bonchev–Trinajstić information content (AvgIpc) is 2.82. The van der Waals surface area contributed by atoms with Gasteiger partial charge in [0, 0.05) is 5.56 Å². The van der Waals surface area contributed by atoms with Crippen molar-refractivity contribution in [2.45, 2.75) is 25.9 Å². The minimum Gasteiger partial charge on any atom is -0.385 e. The molecule has 2 rings (SSSR count). The zero-order valence-electron chi connectivity index (χ0n) is 9.73. The molecule has 0 aliphatic carbocycles. The number of aromatic nitrogens is 2. The summed E-state index contributed by atoms with van der Waals surface area (Å²) in [5, 5.41) is 13.3. The van der Waals surface area contributed by atoms with E-state index in [1.165, 1.54) is 6.07 Å². The van der Waals surface area contributed by atoms with E-state index < -0.39 is 17.7 Å². The van der Waals surface area contributed by atoms with Crippen molar-refractivity contribution < 1.29 is 18.4 Å². The summed E-state index contributed by atoms with van der Waals surface area (Å²) in [6.07, 6.45) is 0.477. The molecule has 1 atom stereocenters. The van der Waals surface area contributed by atoms with Crippen LogP contribution in [0.4, 0.5) is 8.78 Å². The SMILES string of the molecule is CCCC(O)c1noc(-c2ccc(F)c(F)c2)n1. The molecule has 0 spiro atoms. The van der Waals surface area contributed by atoms with Crippen molar-refractivity contribution in [2.24, 2.45) is 0 Å². The lowest BCUT2D eigenvalue weighted by Crippen LogP contribution is -1.98. The molecule has 0 radical (unpaired) electrons. The molecule has 96 valence electrons. The Morgan fingerprint density at radius 1 is 1.33 bits per heavy atom. The Morgan fingerprint density at radius 3 is 2.78 bits per heavy atom. The van der Waals surface area contributed by atoms with Crippen molar-refractivity contribution in [3.8, 4) is 11.5 Å². The highest BCUT2D eigenvalue weighted by atomic mass is 19.2. The fraction of sp³-hybridized carbons (Fsp3) is 0.333. The average molecular weight is 254 g/mol. The van der Waals surface area contributed by atoms with Crippen molar-refractivity contribution in [2.75, 3.05) is 0 Å². The van der Waals surface area contributed by atoms with E-state index in [4.69, 9.17) is 4.52 Å². The first-order valence-corrected chi connectivity index (χ1v) is 5.59. The van der Waals surface area contributed by atoms with Gasteiger partial charge in [-0.25, -0.2) is 8.78 Å². The Kier molecular flexibility index (Phi) is 3.66. The zero-order valence-corrected chi connectivity index (χ0v) is 9.73. The number of benzene rings is 1. The Hall–Kier alpha value is -1.82. The Labute approximate surface area is 102 Å². The lowest BCUT2D eigenvalue weighted by atomic mass is 10.2. The predicted molar refractivity (Wildman–Crippen MR) is 59.5 cm³/mol. The number of hydrogen-bond acceptors (Lipinski definition) is 4. The number of rotatable bonds is 4. The van der Waals surface area contributed by atoms with Gasteiger partial charge in [-0.1, -0.05) is 18.5 Å². The van der Waals surface area contributed by atoms with E-state index in [1.54, 1.807) is 0 Å². The molecule has 4 nitrogen and oxygen atoms in total. The van der Waals surface area contributed by atoms with Gasteiger partial charge in [-0.05, 0) is 24.6 Å². The second kappa shape index (κ2) is 5.22. The molecule has 1 N–H and O–H groups in total. The van der Waals surface area contributed by atoms with Crippen molar-refractivity contribution in [1.82, 2.24) is 10.1 Å². The first kappa shape index (κ1) is 12.6. The maximum atomic E-state index is 13.0. The maximum Gasteiger partial charge on any atom is 0.258 e. The Bertz CT molecular complexity index is 543. The molecule has 1 unspecified atom stereocenters. The van der Waals surface area contributed by atoms with Gasteiger partial charge in [0.05, 0.1) is 0 Å². The molecule has 1 aromatic carbocycles. The van der Waals surface area contributed by atoms with Crippen LogP contribution in [-0.2, 0) is 0 Å². The van der Waals surface area contributed by atoms with E-state index in [-0.39, 0.29) is 17.3 Å². The molecule has 2 aromatic rings. The highest BCUT2D eigenvalue weighted by Crippen LogP contribution is 2.22. The number of aliphatic hydroxyl groups excluding tert-OH is 1. The van der Waals surface area contributed by atoms with Gasteiger partial charge in [0.15, 0.2) is 11.6 Å². The Morgan fingerprint density at radius 2 is 2.11 bits per heavy atom. The molecule has 0 fully saturated rings. The molecular formula is C12H12F2N2O2. The fourth-order valence-electron chi connectivity index (χ4n) is 1.52. The van der Waals surface area contributed by atoms with Crippen LogP contribution in [-0.4, -0.2) is 15.2 Å². The third kappa shape index (κ3) is 2.53. The summed E-state index contributed by atoms with van der Waals surface area (Å²) < 4.78 is 30.7. The smallest absolute Gasteiger partial charge is 0.258 e. The van der Waals surface area contributed by atoms with Crippen LogP contribution in [0.1, 0.15) is 31.7 Å². The standard InChI is InChI=1S/C12H12F2N2O2/c1-2-3-10(17)11-15-12(18-16-11)7-4-5-8(13)9(14)6-7/h4-6,10,17H,2-3H2,1H3. The van der Waals surface area contributed by atoms with Crippen LogP contribution in [0.2, 0.25) is 0 Å². The molecule has 0 amide bonds. The van der Waals surface area contributed by atoms with E-state index in [2.05, 4.69) is 10.1 Å². The maximum absolute atomic E-state index is 13.0. The number of halogens is 2. The highest BCUT2D eigenvalue weighted by molar-refractivity contribution is 5.52. The van der Waals surface area contributed by atoms with E-state index in [1.807, 2.05) is 6.92 Å². The monoisotopic (exact) mass is 254 g/mol. The van der Waals surface area contributed by atoms with Gasteiger partial charge in [0.25, 0.3) is 5.89 Å². The first-order chi connectivity index (χ1) is 8.61. The van der Waals surface area contributed by atoms with E-state index in [9.17, 15) is 13.9 Å². The van der Waals surface area contributed by atoms with Gasteiger partial charge in [0.2, 0.25) is 5.82 Å². The molecular weight excluding hydrogens is 242 g/mol. The van der Waals surface area contributed by atoms with Gasteiger partial charge in [-0.2, -0.15) is 4.98 Å². The molecule has 0 aliphatic rings. The van der Waals surface area contributed by atoms with Crippen LogP contribution in [0.3, 0.4) is 0 Å². The molecule has 0 bridgehead atoms. The van der Waals surface area contributed by atoms with Gasteiger partial charge < -0.3 is 9.63 Å². The van der Waals surface area contributed by atoms with E-state index >= 15 is 0 Å². The first-order valence-electron chi connectivity index (χ1n) is 5.59. The van der Waals surface area contributed by atoms with E-state index in [0.29, 0.717) is 6.42 Å².